The van der Waals surface area contributed by atoms with E-state index < -0.39 is 0 Å². The van der Waals surface area contributed by atoms with Gasteiger partial charge < -0.3 is 15.2 Å². The van der Waals surface area contributed by atoms with Crippen molar-refractivity contribution in [3.8, 4) is 5.75 Å². The van der Waals surface area contributed by atoms with Crippen molar-refractivity contribution < 1.29 is 9.84 Å². The van der Waals surface area contributed by atoms with Crippen LogP contribution in [0.15, 0.2) is 22.7 Å². The van der Waals surface area contributed by atoms with Crippen LogP contribution in [0.4, 0.5) is 5.69 Å². The van der Waals surface area contributed by atoms with Crippen LogP contribution in [0.25, 0.3) is 0 Å². The molecule has 1 rings (SSSR count). The molecular weight excluding hydrogens is 270 g/mol. The van der Waals surface area contributed by atoms with E-state index in [1.54, 1.807) is 7.11 Å². The molecule has 0 amide bonds. The van der Waals surface area contributed by atoms with Gasteiger partial charge in [0.2, 0.25) is 0 Å². The molecule has 0 aromatic heterocycles. The van der Waals surface area contributed by atoms with E-state index in [-0.39, 0.29) is 12.6 Å². The summed E-state index contributed by atoms with van der Waals surface area (Å²) < 4.78 is 6.24. The molecule has 1 atom stereocenters. The standard InChI is InChI=1S/C12H18BrNO2/c1-8(2)11(7-15)14-10-6-9(13)4-5-12(10)16-3/h4-6,8,11,14-15H,7H2,1-3H3. The molecule has 0 aliphatic heterocycles. The molecule has 0 saturated carbocycles. The van der Waals surface area contributed by atoms with Gasteiger partial charge in [-0.25, -0.2) is 0 Å². The molecule has 90 valence electrons. The third-order valence-electron chi connectivity index (χ3n) is 2.50. The molecular formula is C12H18BrNO2. The number of aliphatic hydroxyl groups excluding tert-OH is 1. The van der Waals surface area contributed by atoms with Gasteiger partial charge in [0.05, 0.1) is 25.4 Å². The summed E-state index contributed by atoms with van der Waals surface area (Å²) in [5.41, 5.74) is 0.893. The van der Waals surface area contributed by atoms with E-state index in [1.165, 1.54) is 0 Å². The zero-order valence-electron chi connectivity index (χ0n) is 9.83. The largest absolute Gasteiger partial charge is 0.495 e. The van der Waals surface area contributed by atoms with Gasteiger partial charge in [-0.05, 0) is 24.1 Å². The van der Waals surface area contributed by atoms with Crippen LogP contribution in [0.1, 0.15) is 13.8 Å². The summed E-state index contributed by atoms with van der Waals surface area (Å²) in [7, 11) is 1.64. The van der Waals surface area contributed by atoms with Crippen molar-refractivity contribution in [1.82, 2.24) is 0 Å². The molecule has 1 aromatic carbocycles. The summed E-state index contributed by atoms with van der Waals surface area (Å²) >= 11 is 3.42. The molecule has 1 unspecified atom stereocenters. The highest BCUT2D eigenvalue weighted by atomic mass is 79.9. The lowest BCUT2D eigenvalue weighted by atomic mass is 10.1. The second-order valence-corrected chi connectivity index (χ2v) is 4.94. The Hall–Kier alpha value is -0.740. The number of hydrogen-bond acceptors (Lipinski definition) is 3. The van der Waals surface area contributed by atoms with Gasteiger partial charge in [-0.15, -0.1) is 0 Å². The molecule has 0 bridgehead atoms. The minimum atomic E-state index is 0.0307. The van der Waals surface area contributed by atoms with Gasteiger partial charge in [-0.3, -0.25) is 0 Å². The van der Waals surface area contributed by atoms with E-state index >= 15 is 0 Å². The Morgan fingerprint density at radius 1 is 1.44 bits per heavy atom. The maximum atomic E-state index is 9.28. The fourth-order valence-electron chi connectivity index (χ4n) is 1.42. The Labute approximate surface area is 105 Å². The van der Waals surface area contributed by atoms with Gasteiger partial charge in [0.1, 0.15) is 5.75 Å². The number of ether oxygens (including phenoxy) is 1. The summed E-state index contributed by atoms with van der Waals surface area (Å²) in [5, 5.41) is 12.6. The molecule has 0 spiro atoms. The third-order valence-corrected chi connectivity index (χ3v) is 3.00. The topological polar surface area (TPSA) is 41.5 Å². The maximum absolute atomic E-state index is 9.28. The number of nitrogens with one attached hydrogen (secondary N) is 1. The normalized spacial score (nSPS) is 12.6. The van der Waals surface area contributed by atoms with Gasteiger partial charge >= 0.3 is 0 Å². The van der Waals surface area contributed by atoms with Crippen LogP contribution in [-0.4, -0.2) is 24.9 Å². The summed E-state index contributed by atoms with van der Waals surface area (Å²) in [6.45, 7) is 4.24. The molecule has 4 heteroatoms. The lowest BCUT2D eigenvalue weighted by Gasteiger charge is -2.22. The van der Waals surface area contributed by atoms with E-state index in [0.717, 1.165) is 15.9 Å². The van der Waals surface area contributed by atoms with Crippen molar-refractivity contribution >= 4 is 21.6 Å². The highest BCUT2D eigenvalue weighted by Gasteiger charge is 2.14. The summed E-state index contributed by atoms with van der Waals surface area (Å²) in [4.78, 5) is 0. The third kappa shape index (κ3) is 3.39. The Kier molecular flexibility index (Phi) is 5.09. The number of methoxy groups -OCH3 is 1. The first-order valence-electron chi connectivity index (χ1n) is 5.29. The van der Waals surface area contributed by atoms with Crippen LogP contribution >= 0.6 is 15.9 Å². The lowest BCUT2D eigenvalue weighted by molar-refractivity contribution is 0.249. The number of rotatable bonds is 5. The van der Waals surface area contributed by atoms with Crippen LogP contribution in [0.2, 0.25) is 0 Å². The molecule has 0 aliphatic carbocycles. The number of benzene rings is 1. The van der Waals surface area contributed by atoms with E-state index in [9.17, 15) is 5.11 Å². The molecule has 2 N–H and O–H groups in total. The monoisotopic (exact) mass is 287 g/mol. The Bertz CT molecular complexity index is 342. The van der Waals surface area contributed by atoms with Crippen LogP contribution in [-0.2, 0) is 0 Å². The van der Waals surface area contributed by atoms with Crippen molar-refractivity contribution in [1.29, 1.82) is 0 Å². The van der Waals surface area contributed by atoms with Crippen LogP contribution in [0, 0.1) is 5.92 Å². The summed E-state index contributed by atoms with van der Waals surface area (Å²) in [6, 6.07) is 5.79. The average Bonchev–Trinajstić information content (AvgIpc) is 2.25. The van der Waals surface area contributed by atoms with Crippen molar-refractivity contribution in [3.05, 3.63) is 22.7 Å². The highest BCUT2D eigenvalue weighted by Crippen LogP contribution is 2.29. The van der Waals surface area contributed by atoms with Crippen molar-refractivity contribution in [2.75, 3.05) is 19.0 Å². The summed E-state index contributed by atoms with van der Waals surface area (Å²) in [5.74, 6) is 1.14. The van der Waals surface area contributed by atoms with E-state index in [4.69, 9.17) is 4.74 Å². The van der Waals surface area contributed by atoms with Crippen LogP contribution in [0.3, 0.4) is 0 Å². The van der Waals surface area contributed by atoms with Crippen LogP contribution < -0.4 is 10.1 Å². The lowest BCUT2D eigenvalue weighted by Crippen LogP contribution is -2.29. The van der Waals surface area contributed by atoms with Crippen molar-refractivity contribution in [2.45, 2.75) is 19.9 Å². The van der Waals surface area contributed by atoms with Gasteiger partial charge in [0.25, 0.3) is 0 Å². The maximum Gasteiger partial charge on any atom is 0.142 e. The first-order chi connectivity index (χ1) is 7.58. The van der Waals surface area contributed by atoms with Crippen molar-refractivity contribution in [3.63, 3.8) is 0 Å². The van der Waals surface area contributed by atoms with E-state index in [0.29, 0.717) is 5.92 Å². The number of halogens is 1. The highest BCUT2D eigenvalue weighted by molar-refractivity contribution is 9.10. The van der Waals surface area contributed by atoms with Gasteiger partial charge in [-0.1, -0.05) is 29.8 Å². The minimum Gasteiger partial charge on any atom is -0.495 e. The molecule has 0 heterocycles. The van der Waals surface area contributed by atoms with Crippen LogP contribution in [0.5, 0.6) is 5.75 Å². The predicted octanol–water partition coefficient (Wildman–Crippen LogP) is 2.89. The second-order valence-electron chi connectivity index (χ2n) is 4.02. The van der Waals surface area contributed by atoms with E-state index in [2.05, 4.69) is 35.1 Å². The Morgan fingerprint density at radius 3 is 2.62 bits per heavy atom. The minimum absolute atomic E-state index is 0.0307. The SMILES string of the molecule is COc1ccc(Br)cc1NC(CO)C(C)C. The molecule has 3 nitrogen and oxygen atoms in total. The molecule has 0 fully saturated rings. The molecule has 1 aromatic rings. The number of aliphatic hydroxyl groups is 1. The molecule has 0 radical (unpaired) electrons. The molecule has 0 aliphatic rings. The molecule has 16 heavy (non-hydrogen) atoms. The fraction of sp³-hybridized carbons (Fsp3) is 0.500. The average molecular weight is 288 g/mol. The van der Waals surface area contributed by atoms with E-state index in [1.807, 2.05) is 18.2 Å². The zero-order valence-corrected chi connectivity index (χ0v) is 11.4. The van der Waals surface area contributed by atoms with Gasteiger partial charge in [0, 0.05) is 4.47 Å². The first kappa shape index (κ1) is 13.3. The predicted molar refractivity (Wildman–Crippen MR) is 70.0 cm³/mol. The Morgan fingerprint density at radius 2 is 2.12 bits per heavy atom. The summed E-state index contributed by atoms with van der Waals surface area (Å²) in [6.07, 6.45) is 0. The fourth-order valence-corrected chi connectivity index (χ4v) is 1.78. The quantitative estimate of drug-likeness (QED) is 0.875. The smallest absolute Gasteiger partial charge is 0.142 e. The Balaban J connectivity index is 2.89. The zero-order chi connectivity index (χ0) is 12.1. The van der Waals surface area contributed by atoms with Crippen molar-refractivity contribution in [2.24, 2.45) is 5.92 Å². The second kappa shape index (κ2) is 6.11. The number of anilines is 1. The van der Waals surface area contributed by atoms with Gasteiger partial charge in [0.15, 0.2) is 0 Å². The van der Waals surface area contributed by atoms with Gasteiger partial charge in [-0.2, -0.15) is 0 Å². The first-order valence-corrected chi connectivity index (χ1v) is 6.08. The number of hydrogen-bond donors (Lipinski definition) is 2. The molecule has 0 saturated heterocycles.